The van der Waals surface area contributed by atoms with Gasteiger partial charge in [-0.05, 0) is 43.8 Å². The number of methoxy groups -OCH3 is 1. The molecule has 1 aliphatic heterocycles. The summed E-state index contributed by atoms with van der Waals surface area (Å²) in [6.45, 7) is 11.3. The third kappa shape index (κ3) is 2.48. The summed E-state index contributed by atoms with van der Waals surface area (Å²) in [5.74, 6) is 0.708. The largest absolute Gasteiger partial charge is 0.481 e. The Bertz CT molecular complexity index is 443. The highest BCUT2D eigenvalue weighted by molar-refractivity contribution is 5.35. The lowest BCUT2D eigenvalue weighted by Crippen LogP contribution is -2.48. The average molecular weight is 262 g/mol. The number of nitrogens with zero attached hydrogens (tertiary/aromatic N) is 1. The van der Waals surface area contributed by atoms with Crippen molar-refractivity contribution >= 4 is 0 Å². The van der Waals surface area contributed by atoms with E-state index < -0.39 is 0 Å². The molecule has 2 heterocycles. The van der Waals surface area contributed by atoms with Gasteiger partial charge in [-0.15, -0.1) is 0 Å². The maximum atomic E-state index is 5.23. The molecule has 1 aromatic rings. The molecule has 0 radical (unpaired) electrons. The molecule has 2 rings (SSSR count). The molecule has 106 valence electrons. The molecule has 3 heteroatoms. The van der Waals surface area contributed by atoms with Gasteiger partial charge < -0.3 is 10.1 Å². The lowest BCUT2D eigenvalue weighted by Gasteiger charge is -2.48. The highest BCUT2D eigenvalue weighted by Crippen LogP contribution is 2.48. The number of aromatic nitrogens is 1. The van der Waals surface area contributed by atoms with Gasteiger partial charge in [0.1, 0.15) is 0 Å². The van der Waals surface area contributed by atoms with Gasteiger partial charge in [0.15, 0.2) is 0 Å². The maximum Gasteiger partial charge on any atom is 0.213 e. The van der Waals surface area contributed by atoms with Crippen molar-refractivity contribution in [3.05, 3.63) is 23.4 Å². The van der Waals surface area contributed by atoms with Gasteiger partial charge in [0.2, 0.25) is 5.88 Å². The Labute approximate surface area is 116 Å². The Balaban J connectivity index is 2.50. The van der Waals surface area contributed by atoms with Crippen LogP contribution in [0.3, 0.4) is 0 Å². The van der Waals surface area contributed by atoms with E-state index in [1.807, 2.05) is 6.07 Å². The van der Waals surface area contributed by atoms with E-state index in [2.05, 4.69) is 44.1 Å². The van der Waals surface area contributed by atoms with Crippen LogP contribution in [0.2, 0.25) is 0 Å². The van der Waals surface area contributed by atoms with Gasteiger partial charge in [-0.1, -0.05) is 26.8 Å². The summed E-state index contributed by atoms with van der Waals surface area (Å²) < 4.78 is 5.23. The highest BCUT2D eigenvalue weighted by Gasteiger charge is 2.44. The molecule has 3 nitrogen and oxygen atoms in total. The molecule has 1 aliphatic rings. The van der Waals surface area contributed by atoms with Gasteiger partial charge >= 0.3 is 0 Å². The molecule has 0 bridgehead atoms. The van der Waals surface area contributed by atoms with Crippen molar-refractivity contribution in [2.75, 3.05) is 20.2 Å². The lowest BCUT2D eigenvalue weighted by molar-refractivity contribution is 0.133. The third-order valence-corrected chi connectivity index (χ3v) is 4.68. The molecule has 1 N–H and O–H groups in total. The lowest BCUT2D eigenvalue weighted by atomic mass is 9.58. The monoisotopic (exact) mass is 262 g/mol. The Hall–Kier alpha value is -1.09. The molecular formula is C16H26N2O. The van der Waals surface area contributed by atoms with E-state index >= 15 is 0 Å². The van der Waals surface area contributed by atoms with Crippen molar-refractivity contribution < 1.29 is 4.74 Å². The molecule has 0 saturated carbocycles. The van der Waals surface area contributed by atoms with Crippen LogP contribution >= 0.6 is 0 Å². The van der Waals surface area contributed by atoms with Gasteiger partial charge in [-0.2, -0.15) is 0 Å². The fourth-order valence-corrected chi connectivity index (χ4v) is 3.43. The van der Waals surface area contributed by atoms with Crippen LogP contribution in [0.15, 0.2) is 12.1 Å². The predicted octanol–water partition coefficient (Wildman–Crippen LogP) is 3.07. The molecule has 1 saturated heterocycles. The van der Waals surface area contributed by atoms with Crippen LogP contribution in [-0.2, 0) is 5.41 Å². The summed E-state index contributed by atoms with van der Waals surface area (Å²) in [6, 6.07) is 4.22. The minimum absolute atomic E-state index is 0.210. The van der Waals surface area contributed by atoms with Gasteiger partial charge in [0.05, 0.1) is 7.11 Å². The van der Waals surface area contributed by atoms with E-state index in [4.69, 9.17) is 4.74 Å². The van der Waals surface area contributed by atoms with Crippen LogP contribution in [0, 0.1) is 12.3 Å². The van der Waals surface area contributed by atoms with E-state index in [9.17, 15) is 0 Å². The zero-order valence-electron chi connectivity index (χ0n) is 12.8. The normalized spacial score (nSPS) is 19.2. The zero-order chi connectivity index (χ0) is 14.1. The van der Waals surface area contributed by atoms with Crippen molar-refractivity contribution in [1.29, 1.82) is 0 Å². The molecule has 0 aliphatic carbocycles. The SMILES string of the molecule is COc1ccc(C2(C(C)(C)C)CCNCC2)c(C)n1. The molecule has 1 aromatic heterocycles. The van der Waals surface area contributed by atoms with Crippen molar-refractivity contribution in [3.8, 4) is 5.88 Å². The van der Waals surface area contributed by atoms with Crippen LogP contribution in [0.4, 0.5) is 0 Å². The summed E-state index contributed by atoms with van der Waals surface area (Å²) in [6.07, 6.45) is 2.34. The topological polar surface area (TPSA) is 34.1 Å². The van der Waals surface area contributed by atoms with E-state index in [1.54, 1.807) is 7.11 Å². The Morgan fingerprint density at radius 2 is 1.84 bits per heavy atom. The second kappa shape index (κ2) is 5.12. The quantitative estimate of drug-likeness (QED) is 0.889. The second-order valence-corrected chi connectivity index (χ2v) is 6.57. The van der Waals surface area contributed by atoms with Crippen LogP contribution < -0.4 is 10.1 Å². The van der Waals surface area contributed by atoms with Crippen LogP contribution in [0.25, 0.3) is 0 Å². The van der Waals surface area contributed by atoms with Gasteiger partial charge in [0, 0.05) is 17.2 Å². The molecule has 0 unspecified atom stereocenters. The summed E-state index contributed by atoms with van der Waals surface area (Å²) in [4.78, 5) is 4.58. The number of hydrogen-bond acceptors (Lipinski definition) is 3. The Morgan fingerprint density at radius 1 is 1.21 bits per heavy atom. The van der Waals surface area contributed by atoms with Gasteiger partial charge in [0.25, 0.3) is 0 Å². The number of pyridine rings is 1. The average Bonchev–Trinajstić information content (AvgIpc) is 2.38. The number of aryl methyl sites for hydroxylation is 1. The summed E-state index contributed by atoms with van der Waals surface area (Å²) in [5.41, 5.74) is 2.94. The van der Waals surface area contributed by atoms with Crippen molar-refractivity contribution in [1.82, 2.24) is 10.3 Å². The summed E-state index contributed by atoms with van der Waals surface area (Å²) >= 11 is 0. The summed E-state index contributed by atoms with van der Waals surface area (Å²) in [7, 11) is 1.67. The zero-order valence-corrected chi connectivity index (χ0v) is 12.8. The molecule has 0 spiro atoms. The van der Waals surface area contributed by atoms with E-state index in [1.165, 1.54) is 18.4 Å². The smallest absolute Gasteiger partial charge is 0.213 e. The number of ether oxygens (including phenoxy) is 1. The van der Waals surface area contributed by atoms with E-state index in [-0.39, 0.29) is 10.8 Å². The van der Waals surface area contributed by atoms with E-state index in [0.29, 0.717) is 5.88 Å². The molecule has 0 aromatic carbocycles. The molecule has 1 fully saturated rings. The molecule has 19 heavy (non-hydrogen) atoms. The standard InChI is InChI=1S/C16H26N2O/c1-12-13(6-7-14(18-12)19-5)16(15(2,3)4)8-10-17-11-9-16/h6-7,17H,8-11H2,1-5H3. The van der Waals surface area contributed by atoms with Crippen LogP contribution in [0.1, 0.15) is 44.9 Å². The van der Waals surface area contributed by atoms with Crippen molar-refractivity contribution in [2.45, 2.75) is 46.0 Å². The Morgan fingerprint density at radius 3 is 2.32 bits per heavy atom. The summed E-state index contributed by atoms with van der Waals surface area (Å²) in [5, 5.41) is 3.48. The first-order valence-electron chi connectivity index (χ1n) is 7.13. The second-order valence-electron chi connectivity index (χ2n) is 6.57. The fourth-order valence-electron chi connectivity index (χ4n) is 3.43. The number of rotatable bonds is 2. The van der Waals surface area contributed by atoms with Crippen LogP contribution in [0.5, 0.6) is 5.88 Å². The Kier molecular flexibility index (Phi) is 3.86. The van der Waals surface area contributed by atoms with Crippen molar-refractivity contribution in [3.63, 3.8) is 0 Å². The van der Waals surface area contributed by atoms with Crippen molar-refractivity contribution in [2.24, 2.45) is 5.41 Å². The maximum absolute atomic E-state index is 5.23. The first-order valence-corrected chi connectivity index (χ1v) is 7.13. The molecular weight excluding hydrogens is 236 g/mol. The predicted molar refractivity (Wildman–Crippen MR) is 78.8 cm³/mol. The highest BCUT2D eigenvalue weighted by atomic mass is 16.5. The number of hydrogen-bond donors (Lipinski definition) is 1. The third-order valence-electron chi connectivity index (χ3n) is 4.68. The minimum atomic E-state index is 0.210. The fraction of sp³-hybridized carbons (Fsp3) is 0.688. The van der Waals surface area contributed by atoms with Gasteiger partial charge in [-0.3, -0.25) is 0 Å². The van der Waals surface area contributed by atoms with Crippen LogP contribution in [-0.4, -0.2) is 25.2 Å². The first kappa shape index (κ1) is 14.3. The number of nitrogens with one attached hydrogen (secondary N) is 1. The van der Waals surface area contributed by atoms with Gasteiger partial charge in [-0.25, -0.2) is 4.98 Å². The molecule has 0 atom stereocenters. The van der Waals surface area contributed by atoms with E-state index in [0.717, 1.165) is 18.8 Å². The molecule has 0 amide bonds. The number of piperidine rings is 1. The minimum Gasteiger partial charge on any atom is -0.481 e. The first-order chi connectivity index (χ1) is 8.90.